The van der Waals surface area contributed by atoms with E-state index in [1.807, 2.05) is 0 Å². The fraction of sp³-hybridized carbons (Fsp3) is 0.0769. The summed E-state index contributed by atoms with van der Waals surface area (Å²) in [6.45, 7) is 0. The van der Waals surface area contributed by atoms with Gasteiger partial charge in [0.1, 0.15) is 5.69 Å². The minimum atomic E-state index is -4.83. The van der Waals surface area contributed by atoms with Crippen LogP contribution < -0.4 is 0 Å². The smallest absolute Gasteiger partial charge is 0.433 e. The van der Waals surface area contributed by atoms with Crippen molar-refractivity contribution in [3.05, 3.63) is 48.6 Å². The zero-order valence-corrected chi connectivity index (χ0v) is 14.8. The van der Waals surface area contributed by atoms with Gasteiger partial charge in [0, 0.05) is 11.1 Å². The lowest BCUT2D eigenvalue weighted by molar-refractivity contribution is -0.141. The number of alkyl halides is 3. The molecule has 1 N–H and O–H groups in total. The van der Waals surface area contributed by atoms with Gasteiger partial charge in [-0.3, -0.25) is 0 Å². The topological polar surface area (TPSA) is 50.2 Å². The predicted octanol–water partition coefficient (Wildman–Crippen LogP) is 6.73. The molecular formula is C13H3Cl5F3NO2. The van der Waals surface area contributed by atoms with Gasteiger partial charge in [0.15, 0.2) is 5.69 Å². The second-order valence-electron chi connectivity index (χ2n) is 4.34. The van der Waals surface area contributed by atoms with Crippen LogP contribution in [0.25, 0.3) is 11.1 Å². The molecule has 0 saturated carbocycles. The summed E-state index contributed by atoms with van der Waals surface area (Å²) in [5.74, 6) is -1.72. The number of hydrogen-bond acceptors (Lipinski definition) is 2. The molecule has 2 aromatic rings. The van der Waals surface area contributed by atoms with Crippen LogP contribution in [0, 0.1) is 0 Å². The Morgan fingerprint density at radius 2 is 1.38 bits per heavy atom. The molecule has 1 aromatic carbocycles. The highest BCUT2D eigenvalue weighted by Crippen LogP contribution is 2.49. The predicted molar refractivity (Wildman–Crippen MR) is 86.7 cm³/mol. The number of carbonyl (C=O) groups is 1. The lowest BCUT2D eigenvalue weighted by Crippen LogP contribution is -2.13. The van der Waals surface area contributed by atoms with Crippen molar-refractivity contribution in [2.45, 2.75) is 6.18 Å². The first-order valence-corrected chi connectivity index (χ1v) is 7.69. The summed E-state index contributed by atoms with van der Waals surface area (Å²) in [5.41, 5.74) is -2.77. The maximum atomic E-state index is 12.7. The fourth-order valence-corrected chi connectivity index (χ4v) is 3.17. The molecule has 0 amide bonds. The quantitative estimate of drug-likeness (QED) is 0.417. The first kappa shape index (κ1) is 19.4. The number of hydrogen-bond donors (Lipinski definition) is 1. The summed E-state index contributed by atoms with van der Waals surface area (Å²) in [4.78, 5) is 14.4. The summed E-state index contributed by atoms with van der Waals surface area (Å²) in [6.07, 6.45) is -4.83. The molecule has 0 bridgehead atoms. The number of aromatic carboxylic acids is 1. The van der Waals surface area contributed by atoms with E-state index in [1.54, 1.807) is 0 Å². The zero-order valence-electron chi connectivity index (χ0n) is 11.0. The van der Waals surface area contributed by atoms with Crippen LogP contribution in [0.15, 0.2) is 12.1 Å². The molecule has 0 atom stereocenters. The molecule has 0 spiro atoms. The lowest BCUT2D eigenvalue weighted by Gasteiger charge is -2.15. The molecule has 0 unspecified atom stereocenters. The van der Waals surface area contributed by atoms with Crippen molar-refractivity contribution in [2.75, 3.05) is 0 Å². The summed E-state index contributed by atoms with van der Waals surface area (Å²) >= 11 is 29.6. The van der Waals surface area contributed by atoms with E-state index in [1.165, 1.54) is 0 Å². The van der Waals surface area contributed by atoms with Gasteiger partial charge < -0.3 is 5.11 Å². The number of halogens is 8. The van der Waals surface area contributed by atoms with E-state index in [2.05, 4.69) is 4.98 Å². The van der Waals surface area contributed by atoms with Crippen LogP contribution >= 0.6 is 58.0 Å². The first-order valence-electron chi connectivity index (χ1n) is 5.80. The average molecular weight is 439 g/mol. The number of pyridine rings is 1. The van der Waals surface area contributed by atoms with E-state index >= 15 is 0 Å². The number of aromatic nitrogens is 1. The number of carboxylic acids is 1. The molecule has 0 fully saturated rings. The van der Waals surface area contributed by atoms with Gasteiger partial charge in [0.2, 0.25) is 0 Å². The third-order valence-corrected chi connectivity index (χ3v) is 5.14. The minimum absolute atomic E-state index is 0.172. The van der Waals surface area contributed by atoms with Crippen LogP contribution in [0.3, 0.4) is 0 Å². The van der Waals surface area contributed by atoms with E-state index in [0.29, 0.717) is 6.07 Å². The largest absolute Gasteiger partial charge is 0.476 e. The van der Waals surface area contributed by atoms with Crippen LogP contribution in [0.2, 0.25) is 25.1 Å². The third kappa shape index (κ3) is 3.39. The van der Waals surface area contributed by atoms with Crippen molar-refractivity contribution in [3.8, 4) is 11.1 Å². The Balaban J connectivity index is 2.86. The Morgan fingerprint density at radius 3 is 1.79 bits per heavy atom. The molecule has 0 aliphatic heterocycles. The Hall–Kier alpha value is -0.920. The Kier molecular flexibility index (Phi) is 5.47. The maximum Gasteiger partial charge on any atom is 0.433 e. The zero-order chi connectivity index (χ0) is 18.4. The van der Waals surface area contributed by atoms with Gasteiger partial charge in [-0.15, -0.1) is 0 Å². The highest BCUT2D eigenvalue weighted by Gasteiger charge is 2.34. The molecule has 2 rings (SSSR count). The summed E-state index contributed by atoms with van der Waals surface area (Å²) < 4.78 is 38.2. The molecular weight excluding hydrogens is 436 g/mol. The molecule has 1 aromatic heterocycles. The number of nitrogens with zero attached hydrogens (tertiary/aromatic N) is 1. The lowest BCUT2D eigenvalue weighted by atomic mass is 10.0. The van der Waals surface area contributed by atoms with Crippen LogP contribution in [0.4, 0.5) is 13.2 Å². The van der Waals surface area contributed by atoms with Crippen molar-refractivity contribution in [2.24, 2.45) is 0 Å². The van der Waals surface area contributed by atoms with Crippen molar-refractivity contribution >= 4 is 64.0 Å². The van der Waals surface area contributed by atoms with E-state index < -0.39 is 23.5 Å². The van der Waals surface area contributed by atoms with Gasteiger partial charge in [0.05, 0.1) is 25.1 Å². The molecule has 0 radical (unpaired) electrons. The van der Waals surface area contributed by atoms with Crippen LogP contribution in [-0.2, 0) is 6.18 Å². The van der Waals surface area contributed by atoms with Gasteiger partial charge in [-0.1, -0.05) is 58.0 Å². The Bertz CT molecular complexity index is 825. The molecule has 11 heteroatoms. The Morgan fingerprint density at radius 1 is 0.917 bits per heavy atom. The van der Waals surface area contributed by atoms with Gasteiger partial charge in [0.25, 0.3) is 0 Å². The maximum absolute atomic E-state index is 12.7. The second-order valence-corrected chi connectivity index (χ2v) is 6.23. The van der Waals surface area contributed by atoms with Gasteiger partial charge in [-0.2, -0.15) is 13.2 Å². The summed E-state index contributed by atoms with van der Waals surface area (Å²) in [6, 6.07) is 1.46. The standard InChI is InChI=1S/C13H3Cl5F3NO2/c14-6-5(7(15)9(17)10(18)8(6)16)3-1-2-4(13(19,20)21)22-11(3)12(23)24/h1-2H,(H,23,24). The normalized spacial score (nSPS) is 11.7. The number of rotatable bonds is 2. The summed E-state index contributed by atoms with van der Waals surface area (Å²) in [7, 11) is 0. The minimum Gasteiger partial charge on any atom is -0.476 e. The molecule has 0 saturated heterocycles. The first-order chi connectivity index (χ1) is 11.0. The monoisotopic (exact) mass is 437 g/mol. The fourth-order valence-electron chi connectivity index (χ4n) is 1.82. The van der Waals surface area contributed by atoms with Crippen molar-refractivity contribution < 1.29 is 23.1 Å². The van der Waals surface area contributed by atoms with Gasteiger partial charge in [-0.25, -0.2) is 9.78 Å². The molecule has 0 aliphatic carbocycles. The average Bonchev–Trinajstić information content (AvgIpc) is 2.50. The van der Waals surface area contributed by atoms with Gasteiger partial charge in [-0.05, 0) is 12.1 Å². The highest BCUT2D eigenvalue weighted by molar-refractivity contribution is 6.56. The van der Waals surface area contributed by atoms with E-state index in [4.69, 9.17) is 58.0 Å². The molecule has 128 valence electrons. The van der Waals surface area contributed by atoms with Crippen LogP contribution in [0.1, 0.15) is 16.2 Å². The van der Waals surface area contributed by atoms with Gasteiger partial charge >= 0.3 is 12.1 Å². The van der Waals surface area contributed by atoms with Crippen LogP contribution in [0.5, 0.6) is 0 Å². The van der Waals surface area contributed by atoms with Crippen molar-refractivity contribution in [3.63, 3.8) is 0 Å². The Labute approximate surface area is 157 Å². The highest BCUT2D eigenvalue weighted by atomic mass is 35.5. The van der Waals surface area contributed by atoms with E-state index in [0.717, 1.165) is 6.07 Å². The van der Waals surface area contributed by atoms with Crippen LogP contribution in [-0.4, -0.2) is 16.1 Å². The molecule has 24 heavy (non-hydrogen) atoms. The number of benzene rings is 1. The molecule has 1 heterocycles. The molecule has 3 nitrogen and oxygen atoms in total. The van der Waals surface area contributed by atoms with E-state index in [-0.39, 0.29) is 36.2 Å². The molecule has 0 aliphatic rings. The van der Waals surface area contributed by atoms with Crippen molar-refractivity contribution in [1.29, 1.82) is 0 Å². The number of carboxylic acid groups (broad SMARTS) is 1. The van der Waals surface area contributed by atoms with E-state index in [9.17, 15) is 23.1 Å². The third-order valence-electron chi connectivity index (χ3n) is 2.87. The summed E-state index contributed by atoms with van der Waals surface area (Å²) in [5, 5.41) is 8.04. The second kappa shape index (κ2) is 6.77. The van der Waals surface area contributed by atoms with Crippen molar-refractivity contribution in [1.82, 2.24) is 4.98 Å². The SMILES string of the molecule is O=C(O)c1nc(C(F)(F)F)ccc1-c1c(Cl)c(Cl)c(Cl)c(Cl)c1Cl.